The van der Waals surface area contributed by atoms with E-state index in [-0.39, 0.29) is 5.75 Å². The normalized spacial score (nSPS) is 17.2. The van der Waals surface area contributed by atoms with Gasteiger partial charge in [-0.3, -0.25) is 5.10 Å². The summed E-state index contributed by atoms with van der Waals surface area (Å²) >= 11 is 0. The summed E-state index contributed by atoms with van der Waals surface area (Å²) in [6, 6.07) is 0. The minimum Gasteiger partial charge on any atom is -0.383 e. The lowest BCUT2D eigenvalue weighted by atomic mass is 10.0. The van der Waals surface area contributed by atoms with E-state index in [9.17, 15) is 8.42 Å². The van der Waals surface area contributed by atoms with Crippen molar-refractivity contribution in [3.8, 4) is 0 Å². The highest BCUT2D eigenvalue weighted by molar-refractivity contribution is 7.90. The summed E-state index contributed by atoms with van der Waals surface area (Å²) in [5.41, 5.74) is 7.58. The number of sulfone groups is 1. The topological polar surface area (TPSA) is 107 Å². The smallest absolute Gasteiger partial charge is 0.182 e. The van der Waals surface area contributed by atoms with Crippen molar-refractivity contribution in [3.05, 3.63) is 5.69 Å². The second kappa shape index (κ2) is 4.76. The Morgan fingerprint density at radius 2 is 2.10 bits per heavy atom. The molecule has 0 saturated heterocycles. The maximum absolute atomic E-state index is 11.3. The summed E-state index contributed by atoms with van der Waals surface area (Å²) in [7, 11) is -3.02. The lowest BCUT2D eigenvalue weighted by Gasteiger charge is -2.05. The van der Waals surface area contributed by atoms with Crippen LogP contribution in [-0.2, 0) is 16.4 Å². The second-order valence-corrected chi connectivity index (χ2v) is 7.82. The standard InChI is InChI=1S/C12H19N5O2S/c1-20(18,19)7-6-17-12-9(11(13)14-15-12)10(16-17)8-4-2-3-5-8/h8H,2-7H2,1H3,(H3,13,14,15). The zero-order valence-corrected chi connectivity index (χ0v) is 12.3. The van der Waals surface area contributed by atoms with E-state index in [0.29, 0.717) is 23.9 Å². The number of rotatable bonds is 4. The molecule has 0 radical (unpaired) electrons. The first-order chi connectivity index (χ1) is 9.46. The monoisotopic (exact) mass is 297 g/mol. The lowest BCUT2D eigenvalue weighted by molar-refractivity contribution is 0.582. The number of H-pyrrole nitrogens is 1. The first-order valence-corrected chi connectivity index (χ1v) is 8.90. The number of fused-ring (bicyclic) bond motifs is 1. The number of hydrogen-bond donors (Lipinski definition) is 2. The molecule has 7 nitrogen and oxygen atoms in total. The molecule has 1 aliphatic rings. The van der Waals surface area contributed by atoms with Gasteiger partial charge in [0.05, 0.1) is 23.4 Å². The van der Waals surface area contributed by atoms with Crippen LogP contribution in [-0.4, -0.2) is 40.4 Å². The van der Waals surface area contributed by atoms with Crippen molar-refractivity contribution in [2.75, 3.05) is 17.7 Å². The number of nitrogens with one attached hydrogen (secondary N) is 1. The predicted molar refractivity (Wildman–Crippen MR) is 77.2 cm³/mol. The average Bonchev–Trinajstić information content (AvgIpc) is 3.04. The van der Waals surface area contributed by atoms with Crippen LogP contribution in [0.3, 0.4) is 0 Å². The SMILES string of the molecule is CS(=O)(=O)CCn1nc(C2CCCC2)c2c(N)[nH]nc21. The Bertz CT molecular complexity index is 724. The molecule has 0 bridgehead atoms. The Morgan fingerprint density at radius 1 is 1.40 bits per heavy atom. The average molecular weight is 297 g/mol. The molecule has 0 unspecified atom stereocenters. The third-order valence-corrected chi connectivity index (χ3v) is 4.84. The van der Waals surface area contributed by atoms with Gasteiger partial charge in [0.1, 0.15) is 15.7 Å². The summed E-state index contributed by atoms with van der Waals surface area (Å²) in [6.45, 7) is 0.312. The summed E-state index contributed by atoms with van der Waals surface area (Å²) in [5, 5.41) is 12.4. The van der Waals surface area contributed by atoms with Crippen LogP contribution in [0.25, 0.3) is 11.0 Å². The van der Waals surface area contributed by atoms with E-state index in [0.717, 1.165) is 23.9 Å². The molecule has 0 aromatic carbocycles. The van der Waals surface area contributed by atoms with E-state index in [1.165, 1.54) is 19.1 Å². The van der Waals surface area contributed by atoms with Gasteiger partial charge in [0.2, 0.25) is 0 Å². The minimum atomic E-state index is -3.02. The van der Waals surface area contributed by atoms with Gasteiger partial charge in [-0.15, -0.1) is 0 Å². The number of aromatic nitrogens is 4. The van der Waals surface area contributed by atoms with Crippen LogP contribution in [0, 0.1) is 0 Å². The molecule has 8 heteroatoms. The molecule has 20 heavy (non-hydrogen) atoms. The van der Waals surface area contributed by atoms with E-state index in [1.54, 1.807) is 4.68 Å². The van der Waals surface area contributed by atoms with Crippen LogP contribution >= 0.6 is 0 Å². The highest BCUT2D eigenvalue weighted by atomic mass is 32.2. The number of aryl methyl sites for hydroxylation is 1. The van der Waals surface area contributed by atoms with Gasteiger partial charge in [0.15, 0.2) is 5.65 Å². The molecular weight excluding hydrogens is 278 g/mol. The van der Waals surface area contributed by atoms with Crippen molar-refractivity contribution >= 4 is 26.7 Å². The van der Waals surface area contributed by atoms with Gasteiger partial charge in [-0.2, -0.15) is 10.2 Å². The Hall–Kier alpha value is -1.57. The molecule has 3 rings (SSSR count). The maximum Gasteiger partial charge on any atom is 0.182 e. The summed E-state index contributed by atoms with van der Waals surface area (Å²) in [5.74, 6) is 0.991. The molecule has 1 saturated carbocycles. The maximum atomic E-state index is 11.3. The van der Waals surface area contributed by atoms with Crippen LogP contribution in [0.4, 0.5) is 5.82 Å². The molecule has 0 atom stereocenters. The summed E-state index contributed by atoms with van der Waals surface area (Å²) in [6.07, 6.45) is 5.87. The van der Waals surface area contributed by atoms with Crippen LogP contribution in [0.2, 0.25) is 0 Å². The predicted octanol–water partition coefficient (Wildman–Crippen LogP) is 1.04. The molecule has 2 aromatic rings. The van der Waals surface area contributed by atoms with E-state index < -0.39 is 9.84 Å². The molecule has 0 amide bonds. The van der Waals surface area contributed by atoms with Gasteiger partial charge >= 0.3 is 0 Å². The van der Waals surface area contributed by atoms with Gasteiger partial charge in [-0.05, 0) is 12.8 Å². The fraction of sp³-hybridized carbons (Fsp3) is 0.667. The molecule has 2 heterocycles. The summed E-state index contributed by atoms with van der Waals surface area (Å²) < 4.78 is 24.3. The zero-order chi connectivity index (χ0) is 14.3. The highest BCUT2D eigenvalue weighted by Gasteiger charge is 2.26. The Balaban J connectivity index is 2.00. The van der Waals surface area contributed by atoms with Crippen molar-refractivity contribution in [2.45, 2.75) is 38.1 Å². The van der Waals surface area contributed by atoms with Gasteiger partial charge in [-0.25, -0.2) is 13.1 Å². The number of aromatic amines is 1. The van der Waals surface area contributed by atoms with Crippen molar-refractivity contribution in [2.24, 2.45) is 0 Å². The first kappa shape index (κ1) is 13.4. The second-order valence-electron chi connectivity index (χ2n) is 5.56. The number of nitrogens with zero attached hydrogens (tertiary/aromatic N) is 3. The van der Waals surface area contributed by atoms with E-state index >= 15 is 0 Å². The van der Waals surface area contributed by atoms with E-state index in [1.807, 2.05) is 0 Å². The quantitative estimate of drug-likeness (QED) is 0.877. The van der Waals surface area contributed by atoms with Crippen LogP contribution in [0.1, 0.15) is 37.3 Å². The molecule has 0 spiro atoms. The molecular formula is C12H19N5O2S. The fourth-order valence-electron chi connectivity index (χ4n) is 2.91. The van der Waals surface area contributed by atoms with Gasteiger partial charge in [-0.1, -0.05) is 12.8 Å². The number of nitrogens with two attached hydrogens (primary N) is 1. The van der Waals surface area contributed by atoms with Crippen LogP contribution in [0.15, 0.2) is 0 Å². The van der Waals surface area contributed by atoms with Crippen LogP contribution in [0.5, 0.6) is 0 Å². The minimum absolute atomic E-state index is 0.0562. The molecule has 1 aliphatic carbocycles. The molecule has 2 aromatic heterocycles. The number of nitrogen functional groups attached to an aromatic ring is 1. The van der Waals surface area contributed by atoms with E-state index in [2.05, 4.69) is 15.3 Å². The molecule has 110 valence electrons. The van der Waals surface area contributed by atoms with Crippen molar-refractivity contribution in [1.82, 2.24) is 20.0 Å². The Morgan fingerprint density at radius 3 is 2.75 bits per heavy atom. The Labute approximate surface area is 117 Å². The van der Waals surface area contributed by atoms with E-state index in [4.69, 9.17) is 5.73 Å². The third kappa shape index (κ3) is 2.39. The van der Waals surface area contributed by atoms with Gasteiger partial charge < -0.3 is 5.73 Å². The molecule has 1 fully saturated rings. The number of hydrogen-bond acceptors (Lipinski definition) is 5. The van der Waals surface area contributed by atoms with Gasteiger partial charge in [0.25, 0.3) is 0 Å². The van der Waals surface area contributed by atoms with Gasteiger partial charge in [0, 0.05) is 12.2 Å². The lowest BCUT2D eigenvalue weighted by Crippen LogP contribution is -2.13. The highest BCUT2D eigenvalue weighted by Crippen LogP contribution is 2.38. The molecule has 3 N–H and O–H groups in total. The first-order valence-electron chi connectivity index (χ1n) is 6.83. The zero-order valence-electron chi connectivity index (χ0n) is 11.5. The summed E-state index contributed by atoms with van der Waals surface area (Å²) in [4.78, 5) is 0. The number of anilines is 1. The third-order valence-electron chi connectivity index (χ3n) is 3.92. The Kier molecular flexibility index (Phi) is 3.19. The largest absolute Gasteiger partial charge is 0.383 e. The van der Waals surface area contributed by atoms with Crippen molar-refractivity contribution < 1.29 is 8.42 Å². The molecule has 0 aliphatic heterocycles. The fourth-order valence-corrected chi connectivity index (χ4v) is 3.41. The van der Waals surface area contributed by atoms with Crippen LogP contribution < -0.4 is 5.73 Å². The van der Waals surface area contributed by atoms with Crippen molar-refractivity contribution in [1.29, 1.82) is 0 Å². The van der Waals surface area contributed by atoms with Crippen molar-refractivity contribution in [3.63, 3.8) is 0 Å².